The maximum atomic E-state index is 5.72. The van der Waals surface area contributed by atoms with E-state index in [1.807, 2.05) is 22.7 Å². The van der Waals surface area contributed by atoms with Crippen molar-refractivity contribution >= 4 is 140 Å². The molecular formula is C78H52N2O2S2. The van der Waals surface area contributed by atoms with Crippen LogP contribution in [0.3, 0.4) is 0 Å². The fraction of sp³-hybridized carbons (Fsp3) is 0.0256. The van der Waals surface area contributed by atoms with Gasteiger partial charge in [-0.3, -0.25) is 0 Å². The van der Waals surface area contributed by atoms with Crippen molar-refractivity contribution in [2.75, 3.05) is 24.0 Å². The quantitative estimate of drug-likeness (QED) is 0.129. The molecule has 0 atom stereocenters. The van der Waals surface area contributed by atoms with Gasteiger partial charge in [-0.05, 0) is 162 Å². The monoisotopic (exact) mass is 1110 g/mol. The highest BCUT2D eigenvalue weighted by Crippen LogP contribution is 2.52. The van der Waals surface area contributed by atoms with Crippen LogP contribution in [-0.4, -0.2) is 14.2 Å². The van der Waals surface area contributed by atoms with Crippen molar-refractivity contribution in [3.8, 4) is 44.9 Å². The third-order valence-corrected chi connectivity index (χ3v) is 19.2. The predicted molar refractivity (Wildman–Crippen MR) is 361 cm³/mol. The second-order valence-corrected chi connectivity index (χ2v) is 23.6. The number of hydrogen-bond donors (Lipinski definition) is 0. The molecule has 0 saturated heterocycles. The second-order valence-electron chi connectivity index (χ2n) is 21.4. The molecule has 6 heteroatoms. The first kappa shape index (κ1) is 49.6. The molecule has 2 aromatic heterocycles. The molecule has 0 amide bonds. The Labute approximate surface area is 494 Å². The lowest BCUT2D eigenvalue weighted by Gasteiger charge is -2.29. The van der Waals surface area contributed by atoms with Crippen molar-refractivity contribution in [1.82, 2.24) is 0 Å². The van der Waals surface area contributed by atoms with Gasteiger partial charge in [0.05, 0.1) is 36.0 Å². The van der Waals surface area contributed by atoms with E-state index >= 15 is 0 Å². The van der Waals surface area contributed by atoms with Gasteiger partial charge in [0.25, 0.3) is 0 Å². The highest BCUT2D eigenvalue weighted by molar-refractivity contribution is 7.26. The van der Waals surface area contributed by atoms with Crippen LogP contribution in [0.15, 0.2) is 279 Å². The topological polar surface area (TPSA) is 24.9 Å². The minimum Gasteiger partial charge on any atom is -0.497 e. The average molecular weight is 1110 g/mol. The summed E-state index contributed by atoms with van der Waals surface area (Å²) in [6.45, 7) is 0. The summed E-state index contributed by atoms with van der Waals surface area (Å²) in [5, 5.41) is 14.7. The fourth-order valence-corrected chi connectivity index (χ4v) is 15.2. The largest absolute Gasteiger partial charge is 0.497 e. The molecule has 0 aliphatic heterocycles. The summed E-state index contributed by atoms with van der Waals surface area (Å²) >= 11 is 3.72. The Morgan fingerprint density at radius 2 is 0.726 bits per heavy atom. The molecule has 0 aliphatic carbocycles. The van der Waals surface area contributed by atoms with Crippen molar-refractivity contribution in [3.63, 3.8) is 0 Å². The van der Waals surface area contributed by atoms with Crippen molar-refractivity contribution in [2.45, 2.75) is 0 Å². The summed E-state index contributed by atoms with van der Waals surface area (Å²) in [6, 6.07) is 102. The van der Waals surface area contributed by atoms with E-state index in [-0.39, 0.29) is 0 Å². The predicted octanol–water partition coefficient (Wildman–Crippen LogP) is 23.0. The van der Waals surface area contributed by atoms with Crippen LogP contribution < -0.4 is 19.3 Å². The number of thiophene rings is 2. The first-order chi connectivity index (χ1) is 41.5. The molecule has 16 rings (SSSR count). The lowest BCUT2D eigenvalue weighted by Crippen LogP contribution is -2.11. The molecule has 84 heavy (non-hydrogen) atoms. The summed E-state index contributed by atoms with van der Waals surface area (Å²) in [5.74, 6) is 1.64. The molecular weight excluding hydrogens is 1060 g/mol. The van der Waals surface area contributed by atoms with Gasteiger partial charge in [0, 0.05) is 63.8 Å². The molecule has 4 nitrogen and oxygen atoms in total. The van der Waals surface area contributed by atoms with Crippen LogP contribution in [0.1, 0.15) is 0 Å². The zero-order chi connectivity index (χ0) is 55.8. The number of fused-ring (bicyclic) bond motifs is 10. The van der Waals surface area contributed by atoms with Gasteiger partial charge in [-0.25, -0.2) is 0 Å². The van der Waals surface area contributed by atoms with Crippen molar-refractivity contribution in [3.05, 3.63) is 279 Å². The molecule has 0 spiro atoms. The maximum absolute atomic E-state index is 5.72. The van der Waals surface area contributed by atoms with Crippen molar-refractivity contribution < 1.29 is 9.47 Å². The van der Waals surface area contributed by atoms with Crippen LogP contribution in [0.5, 0.6) is 11.5 Å². The molecule has 0 fully saturated rings. The molecule has 0 bridgehead atoms. The van der Waals surface area contributed by atoms with Crippen LogP contribution in [0.4, 0.5) is 34.1 Å². The number of rotatable bonds is 11. The minimum atomic E-state index is 0.817. The van der Waals surface area contributed by atoms with Crippen molar-refractivity contribution in [1.29, 1.82) is 0 Å². The third-order valence-electron chi connectivity index (χ3n) is 16.8. The highest BCUT2D eigenvalue weighted by Gasteiger charge is 2.25. The zero-order valence-corrected chi connectivity index (χ0v) is 47.7. The molecule has 2 heterocycles. The van der Waals surface area contributed by atoms with Crippen LogP contribution in [-0.2, 0) is 0 Å². The Balaban J connectivity index is 0.821. The first-order valence-corrected chi connectivity index (χ1v) is 30.0. The molecule has 14 aromatic carbocycles. The second kappa shape index (κ2) is 20.3. The SMILES string of the molecule is COc1ccc(N(c2ccc3c(c2)sc2cc(-c4ccc5sc6c(N(c7ccc(OC)cc7)c7ccc8ccccc8c7-c7cccc8ccccc78)cccc6c5c4)ccc23)c2ccc3ccccc3c2-c2cccc3ccccc23)cc1. The van der Waals surface area contributed by atoms with E-state index in [1.165, 1.54) is 117 Å². The molecule has 0 unspecified atom stereocenters. The normalized spacial score (nSPS) is 11.7. The number of anilines is 6. The van der Waals surface area contributed by atoms with Crippen LogP contribution >= 0.6 is 22.7 Å². The van der Waals surface area contributed by atoms with Crippen LogP contribution in [0.25, 0.3) is 117 Å². The van der Waals surface area contributed by atoms with E-state index in [9.17, 15) is 0 Å². The standard InChI is InChI=1S/C78H52N2O2S2/c1-81-58-37-32-55(33-38-58)79(70-43-29-51-16-5-9-22-62(51)76(70)66-24-11-18-49-14-3-7-20-60(49)66)57-36-42-65-64-41-28-54(47-74(64)83-75(65)48-57)53-31-45-73-69(46-53)68-26-13-27-72(78(68)84-73)80(56-34-39-59(82-2)40-35-56)71-44-30-52-17-6-10-23-63(52)77(71)67-25-12-19-50-15-4-8-21-61(50)67/h3-48H,1-2H3. The third kappa shape index (κ3) is 8.24. The Kier molecular flexibility index (Phi) is 12.0. The molecule has 0 radical (unpaired) electrons. The smallest absolute Gasteiger partial charge is 0.119 e. The van der Waals surface area contributed by atoms with E-state index in [0.717, 1.165) is 45.6 Å². The molecule has 0 aliphatic rings. The summed E-state index contributed by atoms with van der Waals surface area (Å²) in [6.07, 6.45) is 0. The summed E-state index contributed by atoms with van der Waals surface area (Å²) in [4.78, 5) is 4.89. The lowest BCUT2D eigenvalue weighted by atomic mass is 9.91. The lowest BCUT2D eigenvalue weighted by molar-refractivity contribution is 0.414. The van der Waals surface area contributed by atoms with Crippen LogP contribution in [0, 0.1) is 0 Å². The Bertz CT molecular complexity index is 5240. The Morgan fingerprint density at radius 3 is 1.32 bits per heavy atom. The molecule has 398 valence electrons. The van der Waals surface area contributed by atoms with Gasteiger partial charge in [0.15, 0.2) is 0 Å². The van der Waals surface area contributed by atoms with Crippen molar-refractivity contribution in [2.24, 2.45) is 0 Å². The molecule has 16 aromatic rings. The molecule has 0 N–H and O–H groups in total. The van der Waals surface area contributed by atoms with Gasteiger partial charge in [-0.1, -0.05) is 182 Å². The Hall–Kier alpha value is -10.2. The van der Waals surface area contributed by atoms with E-state index in [1.54, 1.807) is 14.2 Å². The van der Waals surface area contributed by atoms with E-state index in [4.69, 9.17) is 9.47 Å². The number of methoxy groups -OCH3 is 2. The zero-order valence-electron chi connectivity index (χ0n) is 46.1. The van der Waals surface area contributed by atoms with Gasteiger partial charge < -0.3 is 19.3 Å². The summed E-state index contributed by atoms with van der Waals surface area (Å²) < 4.78 is 16.4. The molecule has 0 saturated carbocycles. The number of benzene rings is 14. The van der Waals surface area contributed by atoms with E-state index in [0.29, 0.717) is 0 Å². The van der Waals surface area contributed by atoms with Gasteiger partial charge in [0.1, 0.15) is 11.5 Å². The van der Waals surface area contributed by atoms with Gasteiger partial charge in [-0.15, -0.1) is 22.7 Å². The summed E-state index contributed by atoms with van der Waals surface area (Å²) in [5.41, 5.74) is 13.7. The van der Waals surface area contributed by atoms with Gasteiger partial charge in [0.2, 0.25) is 0 Å². The number of ether oxygens (including phenoxy) is 2. The highest BCUT2D eigenvalue weighted by atomic mass is 32.1. The first-order valence-electron chi connectivity index (χ1n) is 28.4. The van der Waals surface area contributed by atoms with Gasteiger partial charge in [-0.2, -0.15) is 0 Å². The summed E-state index contributed by atoms with van der Waals surface area (Å²) in [7, 11) is 3.45. The van der Waals surface area contributed by atoms with Gasteiger partial charge >= 0.3 is 0 Å². The van der Waals surface area contributed by atoms with Crippen LogP contribution in [0.2, 0.25) is 0 Å². The van der Waals surface area contributed by atoms with E-state index < -0.39 is 0 Å². The van der Waals surface area contributed by atoms with E-state index in [2.05, 4.69) is 289 Å². The average Bonchev–Trinajstić information content (AvgIpc) is 2.81. The number of nitrogens with zero attached hydrogens (tertiary/aromatic N) is 2. The fourth-order valence-electron chi connectivity index (χ4n) is 12.9. The minimum absolute atomic E-state index is 0.817. The Morgan fingerprint density at radius 1 is 0.274 bits per heavy atom. The number of hydrogen-bond acceptors (Lipinski definition) is 6. The maximum Gasteiger partial charge on any atom is 0.119 e.